The van der Waals surface area contributed by atoms with Crippen molar-refractivity contribution in [2.24, 2.45) is 0 Å². The van der Waals surface area contributed by atoms with Crippen LogP contribution in [0.1, 0.15) is 35.6 Å². The highest BCUT2D eigenvalue weighted by molar-refractivity contribution is 5.83. The Morgan fingerprint density at radius 1 is 1.14 bits per heavy atom. The highest BCUT2D eigenvalue weighted by atomic mass is 16.5. The van der Waals surface area contributed by atoms with Crippen molar-refractivity contribution >= 4 is 17.4 Å². The van der Waals surface area contributed by atoms with Crippen LogP contribution in [0.3, 0.4) is 0 Å². The van der Waals surface area contributed by atoms with E-state index in [4.69, 9.17) is 10.5 Å². The fourth-order valence-corrected chi connectivity index (χ4v) is 4.88. The second-order valence-electron chi connectivity index (χ2n) is 9.09. The van der Waals surface area contributed by atoms with Gasteiger partial charge in [0.2, 0.25) is 5.91 Å². The molecular weight excluding hydrogens is 458 g/mol. The summed E-state index contributed by atoms with van der Waals surface area (Å²) in [6.07, 6.45) is 2.89. The number of anilines is 2. The lowest BCUT2D eigenvalue weighted by atomic mass is 9.87. The molecule has 1 aromatic heterocycles. The second kappa shape index (κ2) is 11.3. The zero-order valence-electron chi connectivity index (χ0n) is 20.8. The summed E-state index contributed by atoms with van der Waals surface area (Å²) < 4.78 is 6.36. The molecule has 190 valence electrons. The zero-order chi connectivity index (χ0) is 25.7. The molecule has 0 saturated carbocycles. The third-order valence-corrected chi connectivity index (χ3v) is 6.79. The number of amides is 1. The number of benzene rings is 2. The van der Waals surface area contributed by atoms with Crippen molar-refractivity contribution in [3.8, 4) is 0 Å². The molecule has 36 heavy (non-hydrogen) atoms. The van der Waals surface area contributed by atoms with Gasteiger partial charge >= 0.3 is 5.69 Å². The maximum Gasteiger partial charge on any atom is 0.330 e. The van der Waals surface area contributed by atoms with Crippen molar-refractivity contribution in [3.63, 3.8) is 0 Å². The molecule has 0 unspecified atom stereocenters. The van der Waals surface area contributed by atoms with Gasteiger partial charge in [0.25, 0.3) is 5.56 Å². The number of hydrogen-bond acceptors (Lipinski definition) is 6. The Bertz CT molecular complexity index is 1320. The number of rotatable bonds is 9. The molecular formula is C27H33N5O4. The Balaban J connectivity index is 1.68. The minimum atomic E-state index is -0.624. The third-order valence-electron chi connectivity index (χ3n) is 6.79. The standard InChI is InChI=1S/C27H33N5O4/c1-30(22-14-8-12-20-11-6-7-13-21(20)22)23(33)18-31(17-19-9-4-3-5-10-19)24-25(28)32(15-16-36-2)27(35)29-26(24)34/h3-7,9-11,13,22H,8,12,14-18,28H2,1-2H3,(H,29,34,35)/t22-/m1/s1. The lowest BCUT2D eigenvalue weighted by molar-refractivity contribution is -0.130. The van der Waals surface area contributed by atoms with E-state index < -0.39 is 11.2 Å². The van der Waals surface area contributed by atoms with Gasteiger partial charge in [-0.2, -0.15) is 0 Å². The Kier molecular flexibility index (Phi) is 7.90. The van der Waals surface area contributed by atoms with Gasteiger partial charge in [0.05, 0.1) is 25.7 Å². The van der Waals surface area contributed by atoms with E-state index in [1.807, 2.05) is 49.5 Å². The largest absolute Gasteiger partial charge is 0.383 e. The lowest BCUT2D eigenvalue weighted by Crippen LogP contribution is -2.44. The van der Waals surface area contributed by atoms with Gasteiger partial charge in [-0.25, -0.2) is 4.79 Å². The monoisotopic (exact) mass is 491 g/mol. The first-order chi connectivity index (χ1) is 17.4. The third kappa shape index (κ3) is 5.36. The molecule has 1 aliphatic rings. The SMILES string of the molecule is COCCn1c(N)c(N(CC(=O)N(C)[C@@H]2CCCc3ccccc32)Cc2ccccc2)c(=O)[nH]c1=O. The van der Waals surface area contributed by atoms with Gasteiger partial charge in [-0.1, -0.05) is 54.6 Å². The molecule has 2 aromatic carbocycles. The number of methoxy groups -OCH3 is 1. The fourth-order valence-electron chi connectivity index (χ4n) is 4.88. The molecule has 9 nitrogen and oxygen atoms in total. The van der Waals surface area contributed by atoms with E-state index >= 15 is 0 Å². The van der Waals surface area contributed by atoms with Crippen LogP contribution in [-0.2, 0) is 29.0 Å². The Morgan fingerprint density at radius 2 is 1.86 bits per heavy atom. The summed E-state index contributed by atoms with van der Waals surface area (Å²) in [7, 11) is 3.33. The Hall–Kier alpha value is -3.85. The molecule has 1 atom stereocenters. The zero-order valence-corrected chi connectivity index (χ0v) is 20.8. The van der Waals surface area contributed by atoms with Gasteiger partial charge < -0.3 is 20.3 Å². The number of aryl methyl sites for hydroxylation is 1. The van der Waals surface area contributed by atoms with Crippen molar-refractivity contribution in [2.45, 2.75) is 38.4 Å². The number of nitrogen functional groups attached to an aromatic ring is 1. The molecule has 9 heteroatoms. The number of nitrogens with two attached hydrogens (primary N) is 1. The number of ether oxygens (including phenoxy) is 1. The predicted octanol–water partition coefficient (Wildman–Crippen LogP) is 2.31. The highest BCUT2D eigenvalue weighted by Gasteiger charge is 2.29. The summed E-state index contributed by atoms with van der Waals surface area (Å²) in [5.41, 5.74) is 8.56. The summed E-state index contributed by atoms with van der Waals surface area (Å²) in [6.45, 7) is 0.630. The molecule has 0 radical (unpaired) electrons. The number of fused-ring (bicyclic) bond motifs is 1. The van der Waals surface area contributed by atoms with Gasteiger partial charge in [-0.3, -0.25) is 19.1 Å². The molecule has 0 bridgehead atoms. The second-order valence-corrected chi connectivity index (χ2v) is 9.09. The molecule has 3 N–H and O–H groups in total. The van der Waals surface area contributed by atoms with Crippen molar-refractivity contribution in [3.05, 3.63) is 92.1 Å². The van der Waals surface area contributed by atoms with E-state index in [1.165, 1.54) is 22.8 Å². The van der Waals surface area contributed by atoms with Gasteiger partial charge in [-0.15, -0.1) is 0 Å². The lowest BCUT2D eigenvalue weighted by Gasteiger charge is -2.35. The molecule has 3 aromatic rings. The average molecular weight is 492 g/mol. The van der Waals surface area contributed by atoms with Crippen molar-refractivity contribution in [2.75, 3.05) is 37.9 Å². The highest BCUT2D eigenvalue weighted by Crippen LogP contribution is 2.33. The number of carbonyl (C=O) groups is 1. The van der Waals surface area contributed by atoms with Crippen LogP contribution in [0.2, 0.25) is 0 Å². The molecule has 1 heterocycles. The van der Waals surface area contributed by atoms with Gasteiger partial charge in [0.15, 0.2) is 0 Å². The van der Waals surface area contributed by atoms with E-state index in [9.17, 15) is 14.4 Å². The minimum Gasteiger partial charge on any atom is -0.383 e. The van der Waals surface area contributed by atoms with E-state index in [1.54, 1.807) is 9.80 Å². The summed E-state index contributed by atoms with van der Waals surface area (Å²) in [5, 5.41) is 0. The fraction of sp³-hybridized carbons (Fsp3) is 0.370. The van der Waals surface area contributed by atoms with Gasteiger partial charge in [0, 0.05) is 20.7 Å². The number of nitrogens with zero attached hydrogens (tertiary/aromatic N) is 3. The Morgan fingerprint density at radius 3 is 2.61 bits per heavy atom. The topological polar surface area (TPSA) is 114 Å². The normalized spacial score (nSPS) is 14.8. The molecule has 0 saturated heterocycles. The number of nitrogens with one attached hydrogen (secondary N) is 1. The number of aromatic amines is 1. The number of aromatic nitrogens is 2. The molecule has 0 spiro atoms. The van der Waals surface area contributed by atoms with Crippen LogP contribution < -0.4 is 21.9 Å². The van der Waals surface area contributed by atoms with Crippen LogP contribution in [0.15, 0.2) is 64.2 Å². The minimum absolute atomic E-state index is 0.00944. The number of H-pyrrole nitrogens is 1. The average Bonchev–Trinajstić information content (AvgIpc) is 2.88. The maximum atomic E-state index is 13.6. The van der Waals surface area contributed by atoms with Gasteiger partial charge in [0.1, 0.15) is 11.5 Å². The number of likely N-dealkylation sites (N-methyl/N-ethyl adjacent to an activating group) is 1. The van der Waals surface area contributed by atoms with Crippen LogP contribution in [0, 0.1) is 0 Å². The summed E-state index contributed by atoms with van der Waals surface area (Å²) >= 11 is 0. The first-order valence-corrected chi connectivity index (χ1v) is 12.1. The van der Waals surface area contributed by atoms with Crippen LogP contribution >= 0.6 is 0 Å². The van der Waals surface area contributed by atoms with E-state index in [2.05, 4.69) is 17.1 Å². The van der Waals surface area contributed by atoms with Crippen LogP contribution in [-0.4, -0.2) is 47.7 Å². The van der Waals surface area contributed by atoms with E-state index in [0.29, 0.717) is 0 Å². The molecule has 1 aliphatic carbocycles. The molecule has 4 rings (SSSR count). The smallest absolute Gasteiger partial charge is 0.330 e. The quantitative estimate of drug-likeness (QED) is 0.475. The van der Waals surface area contributed by atoms with E-state index in [0.717, 1.165) is 24.8 Å². The summed E-state index contributed by atoms with van der Waals surface area (Å²) in [5.74, 6) is -0.128. The Labute approximate surface area is 210 Å². The van der Waals surface area contributed by atoms with Crippen LogP contribution in [0.5, 0.6) is 0 Å². The van der Waals surface area contributed by atoms with Gasteiger partial charge in [-0.05, 0) is 36.0 Å². The molecule has 1 amide bonds. The first-order valence-electron chi connectivity index (χ1n) is 12.1. The first kappa shape index (κ1) is 25.2. The molecule has 0 aliphatic heterocycles. The van der Waals surface area contributed by atoms with E-state index in [-0.39, 0.29) is 49.7 Å². The number of carbonyl (C=O) groups excluding carboxylic acids is 1. The summed E-state index contributed by atoms with van der Waals surface area (Å²) in [6, 6.07) is 17.7. The van der Waals surface area contributed by atoms with Crippen molar-refractivity contribution in [1.82, 2.24) is 14.5 Å². The predicted molar refractivity (Wildman–Crippen MR) is 140 cm³/mol. The maximum absolute atomic E-state index is 13.6. The van der Waals surface area contributed by atoms with Crippen molar-refractivity contribution < 1.29 is 9.53 Å². The summed E-state index contributed by atoms with van der Waals surface area (Å²) in [4.78, 5) is 44.8. The van der Waals surface area contributed by atoms with Crippen LogP contribution in [0.4, 0.5) is 11.5 Å². The molecule has 0 fully saturated rings. The van der Waals surface area contributed by atoms with Crippen molar-refractivity contribution in [1.29, 1.82) is 0 Å². The number of hydrogen-bond donors (Lipinski definition) is 2. The van der Waals surface area contributed by atoms with Crippen LogP contribution in [0.25, 0.3) is 0 Å².